The number of aliphatic carboxylic acids is 1. The van der Waals surface area contributed by atoms with E-state index in [1.165, 1.54) is 19.1 Å². The third-order valence-corrected chi connectivity index (χ3v) is 3.07. The highest BCUT2D eigenvalue weighted by molar-refractivity contribution is 5.87. The molecule has 0 radical (unpaired) electrons. The largest absolute Gasteiger partial charge is 0.480 e. The molecule has 0 aliphatic heterocycles. The molecule has 4 nitrogen and oxygen atoms in total. The van der Waals surface area contributed by atoms with Gasteiger partial charge >= 0.3 is 12.1 Å². The molecule has 21 heavy (non-hydrogen) atoms. The summed E-state index contributed by atoms with van der Waals surface area (Å²) in [6.45, 7) is 2.94. The average Bonchev–Trinajstić information content (AvgIpc) is 2.38. The summed E-state index contributed by atoms with van der Waals surface area (Å²) in [4.78, 5) is 22.7. The lowest BCUT2D eigenvalue weighted by Gasteiger charge is -2.18. The van der Waals surface area contributed by atoms with Gasteiger partial charge in [-0.05, 0) is 25.0 Å². The number of halogens is 3. The quantitative estimate of drug-likeness (QED) is 0.879. The minimum absolute atomic E-state index is 0.211. The summed E-state index contributed by atoms with van der Waals surface area (Å²) in [5.74, 6) is -2.64. The van der Waals surface area contributed by atoms with Crippen molar-refractivity contribution < 1.29 is 27.9 Å². The fraction of sp³-hybridized carbons (Fsp3) is 0.429. The molecule has 0 aromatic heterocycles. The smallest absolute Gasteiger partial charge is 0.416 e. The highest BCUT2D eigenvalue weighted by Crippen LogP contribution is 2.31. The summed E-state index contributed by atoms with van der Waals surface area (Å²) in [6.07, 6.45) is -4.22. The standard InChI is InChI=1S/C14H16F3NO3/c1-3-11(12(19)18-8(2)13(20)21)9-5-4-6-10(7-9)14(15,16)17/h4-8,11H,3H2,1-2H3,(H,18,19)(H,20,21)/t8-,11?/m1/s1. The van der Waals surface area contributed by atoms with E-state index in [0.29, 0.717) is 0 Å². The van der Waals surface area contributed by atoms with Gasteiger partial charge in [0.25, 0.3) is 0 Å². The van der Waals surface area contributed by atoms with Crippen molar-refractivity contribution in [3.8, 4) is 0 Å². The minimum atomic E-state index is -4.49. The zero-order valence-corrected chi connectivity index (χ0v) is 11.6. The summed E-state index contributed by atoms with van der Waals surface area (Å²) in [5, 5.41) is 11.0. The van der Waals surface area contributed by atoms with Crippen LogP contribution in [-0.2, 0) is 15.8 Å². The lowest BCUT2D eigenvalue weighted by molar-refractivity contribution is -0.141. The van der Waals surface area contributed by atoms with Crippen LogP contribution in [0.3, 0.4) is 0 Å². The molecule has 0 spiro atoms. The zero-order chi connectivity index (χ0) is 16.2. The minimum Gasteiger partial charge on any atom is -0.480 e. The van der Waals surface area contributed by atoms with Crippen LogP contribution in [0.1, 0.15) is 37.3 Å². The van der Waals surface area contributed by atoms with E-state index in [1.54, 1.807) is 6.92 Å². The Labute approximate surface area is 120 Å². The summed E-state index contributed by atoms with van der Waals surface area (Å²) in [6, 6.07) is 3.40. The van der Waals surface area contributed by atoms with Gasteiger partial charge in [-0.2, -0.15) is 13.2 Å². The second-order valence-corrected chi connectivity index (χ2v) is 4.65. The molecule has 1 amide bonds. The molecule has 2 atom stereocenters. The van der Waals surface area contributed by atoms with Crippen molar-refractivity contribution >= 4 is 11.9 Å². The summed E-state index contributed by atoms with van der Waals surface area (Å²) in [5.41, 5.74) is -0.625. The molecule has 0 saturated carbocycles. The van der Waals surface area contributed by atoms with E-state index in [4.69, 9.17) is 5.11 Å². The third-order valence-electron chi connectivity index (χ3n) is 3.07. The van der Waals surface area contributed by atoms with Gasteiger partial charge in [-0.15, -0.1) is 0 Å². The van der Waals surface area contributed by atoms with E-state index >= 15 is 0 Å². The number of carboxylic acid groups (broad SMARTS) is 1. The van der Waals surface area contributed by atoms with Gasteiger partial charge in [0.05, 0.1) is 11.5 Å². The van der Waals surface area contributed by atoms with Crippen molar-refractivity contribution in [1.82, 2.24) is 5.32 Å². The Hall–Kier alpha value is -2.05. The van der Waals surface area contributed by atoms with E-state index in [-0.39, 0.29) is 12.0 Å². The van der Waals surface area contributed by atoms with Gasteiger partial charge in [0.2, 0.25) is 5.91 Å². The molecule has 116 valence electrons. The number of benzene rings is 1. The fourth-order valence-corrected chi connectivity index (χ4v) is 1.88. The van der Waals surface area contributed by atoms with E-state index in [1.807, 2.05) is 0 Å². The maximum absolute atomic E-state index is 12.7. The van der Waals surface area contributed by atoms with E-state index < -0.39 is 35.6 Å². The molecule has 0 aliphatic carbocycles. The molecular weight excluding hydrogens is 287 g/mol. The van der Waals surface area contributed by atoms with Gasteiger partial charge < -0.3 is 10.4 Å². The van der Waals surface area contributed by atoms with Crippen LogP contribution >= 0.6 is 0 Å². The number of hydrogen-bond donors (Lipinski definition) is 2. The molecule has 2 N–H and O–H groups in total. The van der Waals surface area contributed by atoms with Crippen LogP contribution in [0.5, 0.6) is 0 Å². The van der Waals surface area contributed by atoms with Crippen molar-refractivity contribution in [2.24, 2.45) is 0 Å². The van der Waals surface area contributed by atoms with Crippen molar-refractivity contribution in [3.05, 3.63) is 35.4 Å². The Balaban J connectivity index is 3.00. The van der Waals surface area contributed by atoms with Crippen molar-refractivity contribution in [1.29, 1.82) is 0 Å². The average molecular weight is 303 g/mol. The van der Waals surface area contributed by atoms with Crippen LogP contribution in [0.4, 0.5) is 13.2 Å². The first kappa shape index (κ1) is 17.0. The Kier molecular flexibility index (Phi) is 5.34. The number of carbonyl (C=O) groups excluding carboxylic acids is 1. The molecule has 1 rings (SSSR count). The first-order valence-corrected chi connectivity index (χ1v) is 6.37. The molecule has 0 saturated heterocycles. The van der Waals surface area contributed by atoms with Crippen molar-refractivity contribution in [2.75, 3.05) is 0 Å². The summed E-state index contributed by atoms with van der Waals surface area (Å²) >= 11 is 0. The van der Waals surface area contributed by atoms with Gasteiger partial charge in [-0.25, -0.2) is 0 Å². The van der Waals surface area contributed by atoms with Crippen LogP contribution in [-0.4, -0.2) is 23.0 Å². The van der Waals surface area contributed by atoms with E-state index in [2.05, 4.69) is 5.32 Å². The Morgan fingerprint density at radius 3 is 2.43 bits per heavy atom. The molecular formula is C14H16F3NO3. The molecule has 7 heteroatoms. The van der Waals surface area contributed by atoms with E-state index in [0.717, 1.165) is 12.1 Å². The number of alkyl halides is 3. The second kappa shape index (κ2) is 6.60. The van der Waals surface area contributed by atoms with Crippen LogP contribution in [0, 0.1) is 0 Å². The van der Waals surface area contributed by atoms with Gasteiger partial charge in [-0.1, -0.05) is 25.1 Å². The topological polar surface area (TPSA) is 66.4 Å². The SMILES string of the molecule is CCC(C(=O)N[C@H](C)C(=O)O)c1cccc(C(F)(F)F)c1. The molecule has 0 heterocycles. The monoisotopic (exact) mass is 303 g/mol. The summed E-state index contributed by atoms with van der Waals surface area (Å²) < 4.78 is 38.0. The predicted octanol–water partition coefficient (Wildman–Crippen LogP) is 2.79. The van der Waals surface area contributed by atoms with Gasteiger partial charge in [0.15, 0.2) is 0 Å². The summed E-state index contributed by atoms with van der Waals surface area (Å²) in [7, 11) is 0. The predicted molar refractivity (Wildman–Crippen MR) is 69.7 cm³/mol. The van der Waals surface area contributed by atoms with Crippen LogP contribution in [0.15, 0.2) is 24.3 Å². The van der Waals surface area contributed by atoms with Crippen LogP contribution < -0.4 is 5.32 Å². The molecule has 0 aliphatic rings. The highest BCUT2D eigenvalue weighted by Gasteiger charge is 2.31. The normalized spacial score (nSPS) is 14.3. The molecule has 1 aromatic carbocycles. The first-order chi connectivity index (χ1) is 9.66. The molecule has 1 unspecified atom stereocenters. The number of rotatable bonds is 5. The Bertz CT molecular complexity index is 528. The first-order valence-electron chi connectivity index (χ1n) is 6.37. The number of amides is 1. The number of carboxylic acids is 1. The maximum atomic E-state index is 12.7. The zero-order valence-electron chi connectivity index (χ0n) is 11.6. The number of carbonyl (C=O) groups is 2. The van der Waals surface area contributed by atoms with E-state index in [9.17, 15) is 22.8 Å². The van der Waals surface area contributed by atoms with Gasteiger partial charge in [0.1, 0.15) is 6.04 Å². The fourth-order valence-electron chi connectivity index (χ4n) is 1.88. The lowest BCUT2D eigenvalue weighted by Crippen LogP contribution is -2.40. The van der Waals surface area contributed by atoms with Gasteiger partial charge in [0, 0.05) is 0 Å². The lowest BCUT2D eigenvalue weighted by atomic mass is 9.93. The maximum Gasteiger partial charge on any atom is 0.416 e. The molecule has 0 bridgehead atoms. The van der Waals surface area contributed by atoms with Gasteiger partial charge in [-0.3, -0.25) is 9.59 Å². The van der Waals surface area contributed by atoms with Crippen LogP contribution in [0.2, 0.25) is 0 Å². The number of nitrogens with one attached hydrogen (secondary N) is 1. The number of hydrogen-bond acceptors (Lipinski definition) is 2. The van der Waals surface area contributed by atoms with Crippen LogP contribution in [0.25, 0.3) is 0 Å². The second-order valence-electron chi connectivity index (χ2n) is 4.65. The van der Waals surface area contributed by atoms with Crippen molar-refractivity contribution in [3.63, 3.8) is 0 Å². The molecule has 0 fully saturated rings. The Morgan fingerprint density at radius 2 is 1.95 bits per heavy atom. The molecule has 1 aromatic rings. The highest BCUT2D eigenvalue weighted by atomic mass is 19.4. The van der Waals surface area contributed by atoms with Crippen molar-refractivity contribution in [2.45, 2.75) is 38.4 Å². The third kappa shape index (κ3) is 4.47. The Morgan fingerprint density at radius 1 is 1.33 bits per heavy atom.